The van der Waals surface area contributed by atoms with Crippen molar-refractivity contribution >= 4 is 33.1 Å². The number of carbonyl (C=O) groups excluding carboxylic acids is 1. The molecule has 0 saturated heterocycles. The first-order valence-corrected chi connectivity index (χ1v) is 8.72. The Morgan fingerprint density at radius 3 is 2.76 bits per heavy atom. The molecule has 0 atom stereocenters. The van der Waals surface area contributed by atoms with Crippen molar-refractivity contribution < 1.29 is 4.79 Å². The summed E-state index contributed by atoms with van der Waals surface area (Å²) in [6.07, 6.45) is 0. The van der Waals surface area contributed by atoms with E-state index in [1.54, 1.807) is 6.92 Å². The quantitative estimate of drug-likeness (QED) is 0.753. The average molecular weight is 356 g/mol. The number of thiophene rings is 1. The minimum Gasteiger partial charge on any atom is -0.321 e. The standard InChI is InChI=1S/C18H20N4O2S/c1-10-6-5-7-12(8-10)19-17(24)15-11(2)14-16(23)20-13(9-22(3)4)21-18(14)25-15/h5-8H,9H2,1-4H3,(H,19,24)(H,20,21,23). The van der Waals surface area contributed by atoms with E-state index in [9.17, 15) is 9.59 Å². The van der Waals surface area contributed by atoms with Crippen molar-refractivity contribution in [2.75, 3.05) is 19.4 Å². The normalized spacial score (nSPS) is 11.2. The number of hydrogen-bond acceptors (Lipinski definition) is 5. The number of aromatic nitrogens is 2. The average Bonchev–Trinajstić information content (AvgIpc) is 2.84. The number of hydrogen-bond donors (Lipinski definition) is 2. The van der Waals surface area contributed by atoms with Crippen molar-refractivity contribution in [1.82, 2.24) is 14.9 Å². The van der Waals surface area contributed by atoms with E-state index in [0.717, 1.165) is 11.3 Å². The molecule has 1 aromatic carbocycles. The summed E-state index contributed by atoms with van der Waals surface area (Å²) in [5, 5.41) is 3.38. The molecule has 0 radical (unpaired) electrons. The van der Waals surface area contributed by atoms with Gasteiger partial charge in [0.25, 0.3) is 11.5 Å². The minimum absolute atomic E-state index is 0.204. The molecule has 130 valence electrons. The van der Waals surface area contributed by atoms with Crippen LogP contribution in [-0.2, 0) is 6.54 Å². The Labute approximate surface area is 149 Å². The zero-order valence-electron chi connectivity index (χ0n) is 14.6. The molecule has 6 nitrogen and oxygen atoms in total. The maximum atomic E-state index is 12.6. The lowest BCUT2D eigenvalue weighted by Crippen LogP contribution is -2.18. The van der Waals surface area contributed by atoms with Crippen molar-refractivity contribution in [3.8, 4) is 0 Å². The summed E-state index contributed by atoms with van der Waals surface area (Å²) in [5.41, 5.74) is 2.26. The third-order valence-corrected chi connectivity index (χ3v) is 4.98. The van der Waals surface area contributed by atoms with E-state index >= 15 is 0 Å². The van der Waals surface area contributed by atoms with Crippen molar-refractivity contribution in [2.24, 2.45) is 0 Å². The lowest BCUT2D eigenvalue weighted by Gasteiger charge is -2.07. The number of benzene rings is 1. The summed E-state index contributed by atoms with van der Waals surface area (Å²) in [6, 6.07) is 7.60. The first-order valence-electron chi connectivity index (χ1n) is 7.90. The second-order valence-corrected chi connectivity index (χ2v) is 7.31. The number of aromatic amines is 1. The summed E-state index contributed by atoms with van der Waals surface area (Å²) in [5.74, 6) is 0.369. The van der Waals surface area contributed by atoms with Crippen molar-refractivity contribution in [1.29, 1.82) is 0 Å². The molecule has 1 amide bonds. The molecule has 3 rings (SSSR count). The molecular formula is C18H20N4O2S. The van der Waals surface area contributed by atoms with E-state index in [0.29, 0.717) is 33.0 Å². The number of rotatable bonds is 4. The van der Waals surface area contributed by atoms with Crippen LogP contribution in [0.1, 0.15) is 26.6 Å². The molecule has 3 aromatic rings. The number of nitrogens with zero attached hydrogens (tertiary/aromatic N) is 2. The van der Waals surface area contributed by atoms with Gasteiger partial charge in [-0.1, -0.05) is 12.1 Å². The van der Waals surface area contributed by atoms with Crippen LogP contribution in [0.4, 0.5) is 5.69 Å². The maximum Gasteiger partial charge on any atom is 0.266 e. The number of nitrogens with one attached hydrogen (secondary N) is 2. The Morgan fingerprint density at radius 1 is 1.32 bits per heavy atom. The van der Waals surface area contributed by atoms with Gasteiger partial charge in [0.15, 0.2) is 0 Å². The molecule has 25 heavy (non-hydrogen) atoms. The van der Waals surface area contributed by atoms with Crippen LogP contribution in [0.25, 0.3) is 10.2 Å². The third-order valence-electron chi connectivity index (χ3n) is 3.80. The fourth-order valence-electron chi connectivity index (χ4n) is 2.69. The fraction of sp³-hybridized carbons (Fsp3) is 0.278. The van der Waals surface area contributed by atoms with Gasteiger partial charge in [0.05, 0.1) is 16.8 Å². The molecule has 0 aliphatic carbocycles. The number of carbonyl (C=O) groups is 1. The molecule has 2 N–H and O–H groups in total. The van der Waals surface area contributed by atoms with Crippen LogP contribution in [0.2, 0.25) is 0 Å². The van der Waals surface area contributed by atoms with Crippen LogP contribution in [-0.4, -0.2) is 34.9 Å². The predicted octanol–water partition coefficient (Wildman–Crippen LogP) is 2.92. The summed E-state index contributed by atoms with van der Waals surface area (Å²) in [7, 11) is 3.81. The van der Waals surface area contributed by atoms with E-state index < -0.39 is 0 Å². The highest BCUT2D eigenvalue weighted by Crippen LogP contribution is 2.28. The summed E-state index contributed by atoms with van der Waals surface area (Å²) in [6.45, 7) is 4.29. The number of anilines is 1. The predicted molar refractivity (Wildman–Crippen MR) is 102 cm³/mol. The molecule has 7 heteroatoms. The van der Waals surface area contributed by atoms with Crippen LogP contribution in [0, 0.1) is 13.8 Å². The van der Waals surface area contributed by atoms with E-state index in [1.165, 1.54) is 11.3 Å². The molecule has 0 bridgehead atoms. The van der Waals surface area contributed by atoms with Gasteiger partial charge in [-0.05, 0) is 51.2 Å². The van der Waals surface area contributed by atoms with Crippen LogP contribution >= 0.6 is 11.3 Å². The Balaban J connectivity index is 1.99. The zero-order chi connectivity index (χ0) is 18.1. The number of H-pyrrole nitrogens is 1. The molecular weight excluding hydrogens is 336 g/mol. The molecule has 0 spiro atoms. The second kappa shape index (κ2) is 6.78. The Kier molecular flexibility index (Phi) is 4.69. The lowest BCUT2D eigenvalue weighted by molar-refractivity contribution is 0.103. The summed E-state index contributed by atoms with van der Waals surface area (Å²) < 4.78 is 0. The van der Waals surface area contributed by atoms with Gasteiger partial charge in [0.2, 0.25) is 0 Å². The molecule has 0 aliphatic rings. The first-order chi connectivity index (χ1) is 11.8. The topological polar surface area (TPSA) is 78.1 Å². The van der Waals surface area contributed by atoms with E-state index in [1.807, 2.05) is 50.2 Å². The van der Waals surface area contributed by atoms with Crippen LogP contribution < -0.4 is 10.9 Å². The van der Waals surface area contributed by atoms with Crippen molar-refractivity contribution in [3.63, 3.8) is 0 Å². The SMILES string of the molecule is Cc1cccc(NC(=O)c2sc3nc(CN(C)C)[nH]c(=O)c3c2C)c1. The second-order valence-electron chi connectivity index (χ2n) is 6.31. The summed E-state index contributed by atoms with van der Waals surface area (Å²) >= 11 is 1.25. The van der Waals surface area contributed by atoms with Gasteiger partial charge in [-0.2, -0.15) is 0 Å². The van der Waals surface area contributed by atoms with Gasteiger partial charge in [-0.15, -0.1) is 11.3 Å². The highest BCUT2D eigenvalue weighted by molar-refractivity contribution is 7.20. The number of fused-ring (bicyclic) bond motifs is 1. The van der Waals surface area contributed by atoms with Crippen LogP contribution in [0.5, 0.6) is 0 Å². The zero-order valence-corrected chi connectivity index (χ0v) is 15.5. The lowest BCUT2D eigenvalue weighted by atomic mass is 10.2. The fourth-order valence-corrected chi connectivity index (χ4v) is 3.79. The number of amides is 1. The first kappa shape index (κ1) is 17.3. The summed E-state index contributed by atoms with van der Waals surface area (Å²) in [4.78, 5) is 35.4. The molecule has 0 saturated carbocycles. The molecule has 2 heterocycles. The van der Waals surface area contributed by atoms with E-state index in [2.05, 4.69) is 15.3 Å². The maximum absolute atomic E-state index is 12.6. The van der Waals surface area contributed by atoms with Gasteiger partial charge >= 0.3 is 0 Å². The van der Waals surface area contributed by atoms with Gasteiger partial charge < -0.3 is 15.2 Å². The van der Waals surface area contributed by atoms with Gasteiger partial charge in [-0.25, -0.2) is 4.98 Å². The molecule has 0 aliphatic heterocycles. The van der Waals surface area contributed by atoms with Crippen LogP contribution in [0.15, 0.2) is 29.1 Å². The van der Waals surface area contributed by atoms with Gasteiger partial charge in [0, 0.05) is 5.69 Å². The Hall–Kier alpha value is -2.51. The Bertz CT molecular complexity index is 1000. The third kappa shape index (κ3) is 3.62. The monoisotopic (exact) mass is 356 g/mol. The molecule has 0 fully saturated rings. The molecule has 2 aromatic heterocycles. The highest BCUT2D eigenvalue weighted by atomic mass is 32.1. The van der Waals surface area contributed by atoms with Crippen molar-refractivity contribution in [2.45, 2.75) is 20.4 Å². The van der Waals surface area contributed by atoms with E-state index in [-0.39, 0.29) is 11.5 Å². The number of aryl methyl sites for hydroxylation is 2. The van der Waals surface area contributed by atoms with Crippen LogP contribution in [0.3, 0.4) is 0 Å². The van der Waals surface area contributed by atoms with Crippen molar-refractivity contribution in [3.05, 3.63) is 56.4 Å². The highest BCUT2D eigenvalue weighted by Gasteiger charge is 2.19. The minimum atomic E-state index is -0.223. The smallest absolute Gasteiger partial charge is 0.266 e. The van der Waals surface area contributed by atoms with E-state index in [4.69, 9.17) is 0 Å². The largest absolute Gasteiger partial charge is 0.321 e. The van der Waals surface area contributed by atoms with Gasteiger partial charge in [0.1, 0.15) is 10.7 Å². The van der Waals surface area contributed by atoms with Gasteiger partial charge in [-0.3, -0.25) is 9.59 Å². The molecule has 0 unspecified atom stereocenters. The Morgan fingerprint density at radius 2 is 2.08 bits per heavy atom.